The Morgan fingerprint density at radius 3 is 2.07 bits per heavy atom. The van der Waals surface area contributed by atoms with E-state index >= 15 is 0 Å². The summed E-state index contributed by atoms with van der Waals surface area (Å²) in [5, 5.41) is 8.68. The molecule has 0 heterocycles. The first kappa shape index (κ1) is 12.4. The van der Waals surface area contributed by atoms with Gasteiger partial charge in [-0.3, -0.25) is 0 Å². The first-order chi connectivity index (χ1) is 6.95. The highest BCUT2D eigenvalue weighted by molar-refractivity contribution is 14.2. The summed E-state index contributed by atoms with van der Waals surface area (Å²) >= 11 is -8.12. The summed E-state index contributed by atoms with van der Waals surface area (Å²) in [6.45, 7) is 0. The number of hydrogen-bond donors (Lipinski definition) is 1. The molecule has 0 aliphatic rings. The van der Waals surface area contributed by atoms with Crippen LogP contribution in [0.3, 0.4) is 0 Å². The van der Waals surface area contributed by atoms with Crippen LogP contribution in [0.1, 0.15) is 10.4 Å². The molecule has 0 radical (unpaired) electrons. The molecule has 1 rings (SSSR count). The van der Waals surface area contributed by atoms with Crippen molar-refractivity contribution in [2.24, 2.45) is 0 Å². The van der Waals surface area contributed by atoms with Crippen molar-refractivity contribution in [3.05, 3.63) is 30.9 Å². The van der Waals surface area contributed by atoms with Crippen LogP contribution in [0.25, 0.3) is 0 Å². The summed E-state index contributed by atoms with van der Waals surface area (Å²) in [6, 6.07) is 3.39. The molecule has 8 heteroatoms. The van der Waals surface area contributed by atoms with E-state index in [0.29, 0.717) is 0 Å². The molecule has 0 aliphatic heterocycles. The molecule has 0 saturated heterocycles. The molecule has 0 aromatic heterocycles. The molecule has 0 aliphatic carbocycles. The maximum atomic E-state index is 10.9. The fourth-order valence-corrected chi connectivity index (χ4v) is 5.84. The minimum absolute atomic E-state index is 0.366. The third-order valence-corrected chi connectivity index (χ3v) is 6.43. The molecule has 0 amide bonds. The first-order valence-electron chi connectivity index (χ1n) is 3.42. The third-order valence-electron chi connectivity index (χ3n) is 1.50. The normalized spacial score (nSPS) is 10.8. The number of halogens is 2. The van der Waals surface area contributed by atoms with Crippen molar-refractivity contribution in [1.29, 1.82) is 0 Å². The number of carboxylic acids is 1. The highest BCUT2D eigenvalue weighted by Crippen LogP contribution is 2.31. The molecule has 1 N–H and O–H groups in total. The average Bonchev–Trinajstić information content (AvgIpc) is 2.16. The second-order valence-corrected chi connectivity index (χ2v) is 7.06. The van der Waals surface area contributed by atoms with E-state index in [1.165, 1.54) is 6.07 Å². The second-order valence-electron chi connectivity index (χ2n) is 2.34. The lowest BCUT2D eigenvalue weighted by Crippen LogP contribution is -2.01. The molecule has 1 aromatic carbocycles. The van der Waals surface area contributed by atoms with Crippen LogP contribution >= 0.6 is 39.6 Å². The highest BCUT2D eigenvalue weighted by Gasteiger charge is 2.20. The van der Waals surface area contributed by atoms with Crippen LogP contribution in [0.2, 0.25) is 0 Å². The van der Waals surface area contributed by atoms with E-state index in [4.69, 9.17) is 5.11 Å². The van der Waals surface area contributed by atoms with Crippen LogP contribution in [-0.4, -0.2) is 11.1 Å². The highest BCUT2D eigenvalue weighted by atomic mass is 127. The first-order valence-corrected chi connectivity index (χ1v) is 9.10. The quantitative estimate of drug-likeness (QED) is 0.726. The molecular formula is C7H4I2O6. The standard InChI is InChI=1S/C7H4I2O6/c10-7(11)4-2-1-3-5(8(12)13)6(4)9(14)15/h1-3H,(H,10,11). The van der Waals surface area contributed by atoms with Crippen molar-refractivity contribution in [2.45, 2.75) is 0 Å². The summed E-state index contributed by atoms with van der Waals surface area (Å²) in [7, 11) is 0. The predicted molar refractivity (Wildman–Crippen MR) is 61.6 cm³/mol. The van der Waals surface area contributed by atoms with E-state index in [0.717, 1.165) is 12.1 Å². The van der Waals surface area contributed by atoms with Crippen LogP contribution in [0.15, 0.2) is 18.2 Å². The summed E-state index contributed by atoms with van der Waals surface area (Å²) in [6.07, 6.45) is 0. The lowest BCUT2D eigenvalue weighted by Gasteiger charge is -1.98. The van der Waals surface area contributed by atoms with E-state index in [2.05, 4.69) is 0 Å². The second kappa shape index (κ2) is 4.92. The molecule has 0 spiro atoms. The van der Waals surface area contributed by atoms with E-state index < -0.39 is 54.7 Å². The van der Waals surface area contributed by atoms with Gasteiger partial charge >= 0.3 is 45.6 Å². The zero-order chi connectivity index (χ0) is 11.6. The molecule has 0 bridgehead atoms. The van der Waals surface area contributed by atoms with E-state index in [1.807, 2.05) is 0 Å². The van der Waals surface area contributed by atoms with E-state index in [-0.39, 0.29) is 3.57 Å². The summed E-state index contributed by atoms with van der Waals surface area (Å²) in [5.74, 6) is -1.45. The number of benzene rings is 1. The number of rotatable bonds is 3. The van der Waals surface area contributed by atoms with Crippen LogP contribution in [0.4, 0.5) is 0 Å². The molecule has 0 unspecified atom stereocenters. The van der Waals surface area contributed by atoms with Crippen molar-refractivity contribution in [3.63, 3.8) is 0 Å². The van der Waals surface area contributed by atoms with Crippen LogP contribution in [0, 0.1) is 7.14 Å². The molecule has 15 heavy (non-hydrogen) atoms. The Kier molecular flexibility index (Phi) is 4.07. The largest absolute Gasteiger partial charge is 0.478 e. The Morgan fingerprint density at radius 2 is 1.67 bits per heavy atom. The maximum Gasteiger partial charge on any atom is 0.343 e. The summed E-state index contributed by atoms with van der Waals surface area (Å²) in [5.41, 5.74) is -0.475. The smallest absolute Gasteiger partial charge is 0.343 e. The van der Waals surface area contributed by atoms with Gasteiger partial charge in [0.2, 0.25) is 0 Å². The minimum atomic E-state index is -4.13. The van der Waals surface area contributed by atoms with Gasteiger partial charge in [-0.1, -0.05) is 6.07 Å². The fraction of sp³-hybridized carbons (Fsp3) is 0. The van der Waals surface area contributed by atoms with Gasteiger partial charge in [0.25, 0.3) is 0 Å². The van der Waals surface area contributed by atoms with Crippen LogP contribution in [0.5, 0.6) is 0 Å². The SMILES string of the molecule is O=C(O)c1cccc(I(=O)=O)c1I(=O)=O. The predicted octanol–water partition coefficient (Wildman–Crippen LogP) is 2.12. The van der Waals surface area contributed by atoms with Gasteiger partial charge in [-0.25, -0.2) is 17.1 Å². The van der Waals surface area contributed by atoms with Gasteiger partial charge in [-0.15, -0.1) is 0 Å². The van der Waals surface area contributed by atoms with Gasteiger partial charge in [-0.05, 0) is 12.1 Å². The van der Waals surface area contributed by atoms with Crippen molar-refractivity contribution in [1.82, 2.24) is 0 Å². The Labute approximate surface area is 98.0 Å². The van der Waals surface area contributed by atoms with E-state index in [1.54, 1.807) is 0 Å². The number of aromatic carboxylic acids is 1. The van der Waals surface area contributed by atoms with E-state index in [9.17, 15) is 17.1 Å². The topological polar surface area (TPSA) is 106 Å². The minimum Gasteiger partial charge on any atom is -0.478 e. The molecule has 1 aromatic rings. The average molecular weight is 438 g/mol. The fourth-order valence-electron chi connectivity index (χ4n) is 0.945. The Hall–Kier alpha value is -0.650. The zero-order valence-electron chi connectivity index (χ0n) is 6.98. The van der Waals surface area contributed by atoms with Crippen LogP contribution in [-0.2, 0) is 12.3 Å². The molecule has 0 fully saturated rings. The lowest BCUT2D eigenvalue weighted by atomic mass is 10.2. The van der Waals surface area contributed by atoms with Gasteiger partial charge in [0.1, 0.15) is 3.57 Å². The van der Waals surface area contributed by atoms with Crippen molar-refractivity contribution in [2.75, 3.05) is 0 Å². The number of carboxylic acid groups (broad SMARTS) is 1. The Balaban J connectivity index is 3.71. The molecule has 6 nitrogen and oxygen atoms in total. The van der Waals surface area contributed by atoms with Crippen molar-refractivity contribution in [3.8, 4) is 0 Å². The van der Waals surface area contributed by atoms with Crippen LogP contribution < -0.4 is 0 Å². The van der Waals surface area contributed by atoms with Gasteiger partial charge < -0.3 is 5.11 Å². The van der Waals surface area contributed by atoms with Gasteiger partial charge in [0.05, 0.1) is 9.13 Å². The maximum absolute atomic E-state index is 10.9. The Morgan fingerprint density at radius 1 is 1.07 bits per heavy atom. The molecule has 0 saturated carbocycles. The van der Waals surface area contributed by atoms with Gasteiger partial charge in [-0.2, -0.15) is 0 Å². The lowest BCUT2D eigenvalue weighted by molar-refractivity contribution is 0.0695. The third kappa shape index (κ3) is 2.68. The summed E-state index contributed by atoms with van der Waals surface area (Å²) in [4.78, 5) is 10.7. The molecular weight excluding hydrogens is 434 g/mol. The van der Waals surface area contributed by atoms with Gasteiger partial charge in [0.15, 0.2) is 0 Å². The van der Waals surface area contributed by atoms with Crippen molar-refractivity contribution >= 4 is 45.6 Å². The molecule has 0 atom stereocenters. The van der Waals surface area contributed by atoms with Crippen molar-refractivity contribution < 1.29 is 22.2 Å². The molecule has 82 valence electrons. The van der Waals surface area contributed by atoms with Gasteiger partial charge in [0, 0.05) is 0 Å². The zero-order valence-corrected chi connectivity index (χ0v) is 11.3. The number of hydrogen-bond acceptors (Lipinski definition) is 5. The monoisotopic (exact) mass is 438 g/mol. The Bertz CT molecular complexity index is 539. The number of carbonyl (C=O) groups is 1. The summed E-state index contributed by atoms with van der Waals surface area (Å²) < 4.78 is 42.4.